The van der Waals surface area contributed by atoms with Crippen molar-refractivity contribution in [2.45, 2.75) is 12.7 Å². The number of rotatable bonds is 3. The SMILES string of the molecule is O=C(NCc1ccccc1C(F)(F)F)c1cnccn1. The van der Waals surface area contributed by atoms with E-state index >= 15 is 0 Å². The lowest BCUT2D eigenvalue weighted by Gasteiger charge is -2.12. The van der Waals surface area contributed by atoms with Gasteiger partial charge in [-0.2, -0.15) is 13.2 Å². The molecule has 0 atom stereocenters. The molecule has 0 aliphatic heterocycles. The lowest BCUT2D eigenvalue weighted by atomic mass is 10.1. The third-order valence-electron chi connectivity index (χ3n) is 2.56. The zero-order valence-electron chi connectivity index (χ0n) is 10.2. The predicted octanol–water partition coefficient (Wildman–Crippen LogP) is 2.43. The Morgan fingerprint density at radius 1 is 1.20 bits per heavy atom. The second-order valence-corrected chi connectivity index (χ2v) is 3.93. The molecule has 2 aromatic rings. The molecule has 0 aliphatic rings. The van der Waals surface area contributed by atoms with Gasteiger partial charge in [0.25, 0.3) is 5.91 Å². The Balaban J connectivity index is 2.11. The molecule has 1 heterocycles. The number of carbonyl (C=O) groups excluding carboxylic acids is 1. The molecule has 2 rings (SSSR count). The predicted molar refractivity (Wildman–Crippen MR) is 64.6 cm³/mol. The van der Waals surface area contributed by atoms with E-state index in [-0.39, 0.29) is 17.8 Å². The fourth-order valence-electron chi connectivity index (χ4n) is 1.63. The number of amides is 1. The van der Waals surface area contributed by atoms with Gasteiger partial charge in [-0.3, -0.25) is 9.78 Å². The number of aromatic nitrogens is 2. The van der Waals surface area contributed by atoms with Gasteiger partial charge >= 0.3 is 6.18 Å². The van der Waals surface area contributed by atoms with Gasteiger partial charge in [-0.15, -0.1) is 0 Å². The number of hydrogen-bond donors (Lipinski definition) is 1. The highest BCUT2D eigenvalue weighted by Gasteiger charge is 2.32. The molecule has 0 fully saturated rings. The van der Waals surface area contributed by atoms with E-state index in [1.807, 2.05) is 0 Å². The molecule has 0 bridgehead atoms. The summed E-state index contributed by atoms with van der Waals surface area (Å²) in [6, 6.07) is 5.08. The Morgan fingerprint density at radius 3 is 2.60 bits per heavy atom. The van der Waals surface area contributed by atoms with Crippen LogP contribution in [0.2, 0.25) is 0 Å². The van der Waals surface area contributed by atoms with Gasteiger partial charge in [-0.05, 0) is 11.6 Å². The van der Waals surface area contributed by atoms with E-state index in [2.05, 4.69) is 15.3 Å². The minimum Gasteiger partial charge on any atom is -0.347 e. The Morgan fingerprint density at radius 2 is 1.95 bits per heavy atom. The summed E-state index contributed by atoms with van der Waals surface area (Å²) in [4.78, 5) is 19.2. The van der Waals surface area contributed by atoms with Gasteiger partial charge in [-0.1, -0.05) is 18.2 Å². The number of halogens is 3. The Labute approximate surface area is 112 Å². The summed E-state index contributed by atoms with van der Waals surface area (Å²) in [6.45, 7) is -0.231. The quantitative estimate of drug-likeness (QED) is 0.940. The lowest BCUT2D eigenvalue weighted by molar-refractivity contribution is -0.138. The maximum absolute atomic E-state index is 12.8. The first-order valence-electron chi connectivity index (χ1n) is 5.68. The second-order valence-electron chi connectivity index (χ2n) is 3.93. The first kappa shape index (κ1) is 14.0. The van der Waals surface area contributed by atoms with Crippen LogP contribution in [0, 0.1) is 0 Å². The third-order valence-corrected chi connectivity index (χ3v) is 2.56. The molecule has 20 heavy (non-hydrogen) atoms. The van der Waals surface area contributed by atoms with Crippen LogP contribution in [-0.4, -0.2) is 15.9 Å². The first-order chi connectivity index (χ1) is 9.48. The van der Waals surface area contributed by atoms with Crippen molar-refractivity contribution in [3.05, 3.63) is 59.7 Å². The van der Waals surface area contributed by atoms with Crippen molar-refractivity contribution in [1.82, 2.24) is 15.3 Å². The molecule has 1 amide bonds. The highest BCUT2D eigenvalue weighted by atomic mass is 19.4. The van der Waals surface area contributed by atoms with Crippen molar-refractivity contribution < 1.29 is 18.0 Å². The van der Waals surface area contributed by atoms with Crippen LogP contribution in [0.15, 0.2) is 42.9 Å². The zero-order chi connectivity index (χ0) is 14.6. The first-order valence-corrected chi connectivity index (χ1v) is 5.68. The summed E-state index contributed by atoms with van der Waals surface area (Å²) in [5.74, 6) is -0.574. The van der Waals surface area contributed by atoms with E-state index in [1.165, 1.54) is 36.8 Å². The van der Waals surface area contributed by atoms with Crippen LogP contribution in [0.3, 0.4) is 0 Å². The standard InChI is InChI=1S/C13H10F3N3O/c14-13(15,16)10-4-2-1-3-9(10)7-19-12(20)11-8-17-5-6-18-11/h1-6,8H,7H2,(H,19,20). The minimum atomic E-state index is -4.45. The average Bonchev–Trinajstić information content (AvgIpc) is 2.45. The van der Waals surface area contributed by atoms with Crippen molar-refractivity contribution in [1.29, 1.82) is 0 Å². The molecule has 0 spiro atoms. The summed E-state index contributed by atoms with van der Waals surface area (Å²) in [5.41, 5.74) is -0.714. The summed E-state index contributed by atoms with van der Waals surface area (Å²) in [5, 5.41) is 2.39. The second kappa shape index (κ2) is 5.68. The molecule has 0 saturated carbocycles. The van der Waals surface area contributed by atoms with Crippen LogP contribution < -0.4 is 5.32 Å². The van der Waals surface area contributed by atoms with E-state index in [9.17, 15) is 18.0 Å². The molecule has 0 aliphatic carbocycles. The van der Waals surface area contributed by atoms with Gasteiger partial charge < -0.3 is 5.32 Å². The number of nitrogens with zero attached hydrogens (tertiary/aromatic N) is 2. The maximum Gasteiger partial charge on any atom is 0.416 e. The zero-order valence-corrected chi connectivity index (χ0v) is 10.2. The van der Waals surface area contributed by atoms with E-state index in [0.717, 1.165) is 6.07 Å². The summed E-state index contributed by atoms with van der Waals surface area (Å²) >= 11 is 0. The number of carbonyl (C=O) groups is 1. The molecular weight excluding hydrogens is 271 g/mol. The Hall–Kier alpha value is -2.44. The van der Waals surface area contributed by atoms with E-state index in [0.29, 0.717) is 0 Å². The monoisotopic (exact) mass is 281 g/mol. The molecule has 104 valence electrons. The topological polar surface area (TPSA) is 54.9 Å². The van der Waals surface area contributed by atoms with E-state index in [4.69, 9.17) is 0 Å². The Bertz CT molecular complexity index is 599. The molecule has 7 heteroatoms. The number of hydrogen-bond acceptors (Lipinski definition) is 3. The van der Waals surface area contributed by atoms with E-state index < -0.39 is 17.6 Å². The van der Waals surface area contributed by atoms with E-state index in [1.54, 1.807) is 0 Å². The van der Waals surface area contributed by atoms with Gasteiger partial charge in [0, 0.05) is 18.9 Å². The largest absolute Gasteiger partial charge is 0.416 e. The number of benzene rings is 1. The van der Waals surface area contributed by atoms with Gasteiger partial charge in [-0.25, -0.2) is 4.98 Å². The lowest BCUT2D eigenvalue weighted by Crippen LogP contribution is -2.25. The third kappa shape index (κ3) is 3.31. The molecule has 0 saturated heterocycles. The van der Waals surface area contributed by atoms with Crippen LogP contribution in [-0.2, 0) is 12.7 Å². The van der Waals surface area contributed by atoms with Crippen LogP contribution >= 0.6 is 0 Å². The Kier molecular flexibility index (Phi) is 3.97. The average molecular weight is 281 g/mol. The van der Waals surface area contributed by atoms with Crippen LogP contribution in [0.25, 0.3) is 0 Å². The van der Waals surface area contributed by atoms with Crippen molar-refractivity contribution in [3.8, 4) is 0 Å². The van der Waals surface area contributed by atoms with Crippen molar-refractivity contribution >= 4 is 5.91 Å². The molecule has 0 unspecified atom stereocenters. The molecular formula is C13H10F3N3O. The van der Waals surface area contributed by atoms with Crippen LogP contribution in [0.4, 0.5) is 13.2 Å². The maximum atomic E-state index is 12.8. The van der Waals surface area contributed by atoms with Crippen molar-refractivity contribution in [2.75, 3.05) is 0 Å². The van der Waals surface area contributed by atoms with Gasteiger partial charge in [0.1, 0.15) is 5.69 Å². The highest BCUT2D eigenvalue weighted by molar-refractivity contribution is 5.91. The summed E-state index contributed by atoms with van der Waals surface area (Å²) in [7, 11) is 0. The van der Waals surface area contributed by atoms with Gasteiger partial charge in [0.15, 0.2) is 0 Å². The van der Waals surface area contributed by atoms with Crippen molar-refractivity contribution in [3.63, 3.8) is 0 Å². The van der Waals surface area contributed by atoms with Crippen LogP contribution in [0.5, 0.6) is 0 Å². The molecule has 1 aromatic carbocycles. The number of alkyl halides is 3. The highest BCUT2D eigenvalue weighted by Crippen LogP contribution is 2.31. The molecule has 1 aromatic heterocycles. The van der Waals surface area contributed by atoms with Gasteiger partial charge in [0.2, 0.25) is 0 Å². The summed E-state index contributed by atoms with van der Waals surface area (Å²) < 4.78 is 38.3. The fraction of sp³-hybridized carbons (Fsp3) is 0.154. The van der Waals surface area contributed by atoms with Gasteiger partial charge in [0.05, 0.1) is 11.8 Å². The fourth-order valence-corrected chi connectivity index (χ4v) is 1.63. The van der Waals surface area contributed by atoms with Crippen molar-refractivity contribution in [2.24, 2.45) is 0 Å². The molecule has 1 N–H and O–H groups in total. The molecule has 4 nitrogen and oxygen atoms in total. The smallest absolute Gasteiger partial charge is 0.347 e. The summed E-state index contributed by atoms with van der Waals surface area (Å²) in [6.07, 6.45) is -0.479. The van der Waals surface area contributed by atoms with Crippen LogP contribution in [0.1, 0.15) is 21.6 Å². The minimum absolute atomic E-state index is 0.00256. The number of nitrogens with one attached hydrogen (secondary N) is 1. The normalized spacial score (nSPS) is 11.2. The molecule has 0 radical (unpaired) electrons.